The molecule has 2 aliphatic heterocycles. The Balaban J connectivity index is 1.77. The maximum Gasteiger partial charge on any atom is 0.327 e. The van der Waals surface area contributed by atoms with Gasteiger partial charge in [-0.3, -0.25) is 9.69 Å². The molecule has 1 unspecified atom stereocenters. The van der Waals surface area contributed by atoms with Crippen molar-refractivity contribution < 1.29 is 9.59 Å². The molecule has 0 aliphatic carbocycles. The highest BCUT2D eigenvalue weighted by atomic mass is 32.1. The summed E-state index contributed by atoms with van der Waals surface area (Å²) in [6.45, 7) is 3.08. The maximum absolute atomic E-state index is 12.3. The van der Waals surface area contributed by atoms with E-state index in [0.717, 1.165) is 36.4 Å². The van der Waals surface area contributed by atoms with Crippen LogP contribution >= 0.6 is 11.3 Å². The first-order valence-electron chi connectivity index (χ1n) is 6.76. The van der Waals surface area contributed by atoms with Gasteiger partial charge in [0.1, 0.15) is 6.04 Å². The molecule has 1 atom stereocenters. The van der Waals surface area contributed by atoms with Gasteiger partial charge in [-0.1, -0.05) is 6.92 Å². The monoisotopic (exact) mass is 279 g/mol. The summed E-state index contributed by atoms with van der Waals surface area (Å²) in [4.78, 5) is 32.0. The topological polar surface area (TPSA) is 53.5 Å². The van der Waals surface area contributed by atoms with Gasteiger partial charge in [-0.25, -0.2) is 9.78 Å². The van der Waals surface area contributed by atoms with Crippen molar-refractivity contribution in [3.63, 3.8) is 0 Å². The summed E-state index contributed by atoms with van der Waals surface area (Å²) in [5, 5.41) is 2.99. The third kappa shape index (κ3) is 2.14. The van der Waals surface area contributed by atoms with Crippen molar-refractivity contribution in [3.8, 4) is 0 Å². The van der Waals surface area contributed by atoms with Crippen LogP contribution in [0.25, 0.3) is 0 Å². The highest BCUT2D eigenvalue weighted by Gasteiger charge is 2.45. The van der Waals surface area contributed by atoms with Gasteiger partial charge in [-0.2, -0.15) is 0 Å². The van der Waals surface area contributed by atoms with Gasteiger partial charge in [0.2, 0.25) is 0 Å². The fourth-order valence-electron chi connectivity index (χ4n) is 2.74. The van der Waals surface area contributed by atoms with Gasteiger partial charge in [0.25, 0.3) is 5.91 Å². The maximum atomic E-state index is 12.3. The summed E-state index contributed by atoms with van der Waals surface area (Å²) in [6, 6.07) is -0.355. The molecule has 0 spiro atoms. The van der Waals surface area contributed by atoms with Crippen molar-refractivity contribution in [3.05, 3.63) is 16.1 Å². The normalized spacial score (nSPS) is 23.1. The number of rotatable bonds is 3. The van der Waals surface area contributed by atoms with E-state index in [-0.39, 0.29) is 18.0 Å². The highest BCUT2D eigenvalue weighted by molar-refractivity contribution is 7.09. The molecule has 3 rings (SSSR count). The van der Waals surface area contributed by atoms with E-state index in [1.54, 1.807) is 16.2 Å². The smallest absolute Gasteiger partial charge is 0.312 e. The van der Waals surface area contributed by atoms with Crippen LogP contribution in [0.3, 0.4) is 0 Å². The molecule has 0 bridgehead atoms. The number of carbonyl (C=O) groups excluding carboxylic acids is 2. The predicted molar refractivity (Wildman–Crippen MR) is 71.8 cm³/mol. The van der Waals surface area contributed by atoms with E-state index in [1.165, 1.54) is 4.90 Å². The Morgan fingerprint density at radius 3 is 2.95 bits per heavy atom. The lowest BCUT2D eigenvalue weighted by atomic mass is 10.0. The number of amides is 3. The molecular formula is C13H17N3O2S. The van der Waals surface area contributed by atoms with Gasteiger partial charge in [-0.05, 0) is 25.7 Å². The van der Waals surface area contributed by atoms with E-state index in [1.807, 2.05) is 5.38 Å². The largest absolute Gasteiger partial charge is 0.327 e. The number of thiazole rings is 1. The third-order valence-electron chi connectivity index (χ3n) is 3.75. The van der Waals surface area contributed by atoms with Gasteiger partial charge in [0.15, 0.2) is 0 Å². The van der Waals surface area contributed by atoms with Crippen molar-refractivity contribution >= 4 is 23.3 Å². The zero-order chi connectivity index (χ0) is 13.4. The van der Waals surface area contributed by atoms with Crippen molar-refractivity contribution in [1.29, 1.82) is 0 Å². The summed E-state index contributed by atoms with van der Waals surface area (Å²) in [5.74, 6) is -0.0456. The van der Waals surface area contributed by atoms with Gasteiger partial charge in [0, 0.05) is 11.9 Å². The Morgan fingerprint density at radius 1 is 1.42 bits per heavy atom. The lowest BCUT2D eigenvalue weighted by Crippen LogP contribution is -2.38. The molecule has 2 fully saturated rings. The SMILES string of the molecule is CCc1nc(CN2C(=O)C3CCCCN3C2=O)cs1. The average molecular weight is 279 g/mol. The van der Waals surface area contributed by atoms with Crippen LogP contribution in [0.5, 0.6) is 0 Å². The predicted octanol–water partition coefficient (Wildman–Crippen LogP) is 2.02. The first kappa shape index (κ1) is 12.6. The van der Waals surface area contributed by atoms with Gasteiger partial charge in [0.05, 0.1) is 17.2 Å². The zero-order valence-electron chi connectivity index (χ0n) is 11.0. The summed E-state index contributed by atoms with van der Waals surface area (Å²) in [6.07, 6.45) is 3.73. The van der Waals surface area contributed by atoms with Crippen LogP contribution in [0, 0.1) is 0 Å². The molecular weight excluding hydrogens is 262 g/mol. The standard InChI is InChI=1S/C13H17N3O2S/c1-2-11-14-9(8-19-11)7-16-12(17)10-5-3-4-6-15(10)13(16)18/h8,10H,2-7H2,1H3. The molecule has 0 N–H and O–H groups in total. The first-order chi connectivity index (χ1) is 9.20. The van der Waals surface area contributed by atoms with E-state index in [4.69, 9.17) is 0 Å². The number of urea groups is 1. The number of carbonyl (C=O) groups is 2. The number of fused-ring (bicyclic) bond motifs is 1. The molecule has 0 saturated carbocycles. The molecule has 0 aromatic carbocycles. The Labute approximate surface area is 116 Å². The van der Waals surface area contributed by atoms with E-state index < -0.39 is 0 Å². The molecule has 3 amide bonds. The number of imide groups is 1. The molecule has 0 radical (unpaired) electrons. The molecule has 102 valence electrons. The Bertz CT molecular complexity index is 490. The molecule has 19 heavy (non-hydrogen) atoms. The Kier molecular flexibility index (Phi) is 3.26. The third-order valence-corrected chi connectivity index (χ3v) is 4.79. The second kappa shape index (κ2) is 4.92. The molecule has 2 saturated heterocycles. The van der Waals surface area contributed by atoms with Crippen LogP contribution in [0.1, 0.15) is 36.9 Å². The molecule has 1 aromatic rings. The summed E-state index contributed by atoms with van der Waals surface area (Å²) >= 11 is 1.59. The van der Waals surface area contributed by atoms with Crippen molar-refractivity contribution in [2.45, 2.75) is 45.2 Å². The molecule has 1 aromatic heterocycles. The summed E-state index contributed by atoms with van der Waals surface area (Å²) in [5.41, 5.74) is 0.823. The van der Waals surface area contributed by atoms with Gasteiger partial charge < -0.3 is 4.90 Å². The highest BCUT2D eigenvalue weighted by Crippen LogP contribution is 2.27. The fraction of sp³-hybridized carbons (Fsp3) is 0.615. The summed E-state index contributed by atoms with van der Waals surface area (Å²) < 4.78 is 0. The number of hydrogen-bond acceptors (Lipinski definition) is 4. The molecule has 2 aliphatic rings. The average Bonchev–Trinajstić information content (AvgIpc) is 2.99. The van der Waals surface area contributed by atoms with Crippen molar-refractivity contribution in [2.24, 2.45) is 0 Å². The van der Waals surface area contributed by atoms with Crippen LogP contribution in [-0.4, -0.2) is 39.3 Å². The Morgan fingerprint density at radius 2 is 2.26 bits per heavy atom. The number of aromatic nitrogens is 1. The van der Waals surface area contributed by atoms with Crippen LogP contribution in [-0.2, 0) is 17.8 Å². The van der Waals surface area contributed by atoms with E-state index >= 15 is 0 Å². The van der Waals surface area contributed by atoms with Crippen LogP contribution in [0.2, 0.25) is 0 Å². The fourth-order valence-corrected chi connectivity index (χ4v) is 3.47. The van der Waals surface area contributed by atoms with E-state index in [0.29, 0.717) is 13.1 Å². The minimum absolute atomic E-state index is 0.0456. The lowest BCUT2D eigenvalue weighted by molar-refractivity contribution is -0.129. The van der Waals surface area contributed by atoms with Crippen LogP contribution < -0.4 is 0 Å². The van der Waals surface area contributed by atoms with Gasteiger partial charge in [-0.15, -0.1) is 11.3 Å². The minimum Gasteiger partial charge on any atom is -0.312 e. The molecule has 5 nitrogen and oxygen atoms in total. The number of nitrogens with zero attached hydrogens (tertiary/aromatic N) is 3. The van der Waals surface area contributed by atoms with Crippen molar-refractivity contribution in [2.75, 3.05) is 6.54 Å². The quantitative estimate of drug-likeness (QED) is 0.795. The molecule has 3 heterocycles. The minimum atomic E-state index is -0.217. The molecule has 6 heteroatoms. The summed E-state index contributed by atoms with van der Waals surface area (Å²) in [7, 11) is 0. The van der Waals surface area contributed by atoms with Gasteiger partial charge >= 0.3 is 6.03 Å². The van der Waals surface area contributed by atoms with Crippen LogP contribution in [0.15, 0.2) is 5.38 Å². The van der Waals surface area contributed by atoms with Crippen molar-refractivity contribution in [1.82, 2.24) is 14.8 Å². The van der Waals surface area contributed by atoms with Crippen LogP contribution in [0.4, 0.5) is 4.79 Å². The lowest BCUT2D eigenvalue weighted by Gasteiger charge is -2.26. The first-order valence-corrected chi connectivity index (χ1v) is 7.64. The zero-order valence-corrected chi connectivity index (χ0v) is 11.8. The number of piperidine rings is 1. The second-order valence-corrected chi connectivity index (χ2v) is 5.94. The Hall–Kier alpha value is -1.43. The second-order valence-electron chi connectivity index (χ2n) is 5.00. The van der Waals surface area contributed by atoms with E-state index in [9.17, 15) is 9.59 Å². The number of hydrogen-bond donors (Lipinski definition) is 0. The van der Waals surface area contributed by atoms with E-state index in [2.05, 4.69) is 11.9 Å². The number of aryl methyl sites for hydroxylation is 1.